The van der Waals surface area contributed by atoms with E-state index in [-0.39, 0.29) is 24.1 Å². The van der Waals surface area contributed by atoms with E-state index in [9.17, 15) is 17.2 Å². The zero-order valence-corrected chi connectivity index (χ0v) is 19.7. The van der Waals surface area contributed by atoms with Crippen LogP contribution in [0.25, 0.3) is 28.2 Å². The highest BCUT2D eigenvalue weighted by Gasteiger charge is 2.31. The van der Waals surface area contributed by atoms with Gasteiger partial charge >= 0.3 is 0 Å². The molecule has 5 rings (SSSR count). The number of benzene rings is 1. The number of nitrogens with zero attached hydrogens (tertiary/aromatic N) is 7. The van der Waals surface area contributed by atoms with E-state index in [0.29, 0.717) is 41.4 Å². The van der Waals surface area contributed by atoms with Crippen molar-refractivity contribution >= 4 is 15.7 Å². The zero-order chi connectivity index (χ0) is 24.2. The van der Waals surface area contributed by atoms with Gasteiger partial charge in [0.1, 0.15) is 17.3 Å². The van der Waals surface area contributed by atoms with Crippen molar-refractivity contribution in [3.63, 3.8) is 0 Å². The maximum absolute atomic E-state index is 14.8. The lowest BCUT2D eigenvalue weighted by atomic mass is 10.1. The first-order chi connectivity index (χ1) is 16.1. The maximum atomic E-state index is 14.8. The van der Waals surface area contributed by atoms with Gasteiger partial charge in [0.25, 0.3) is 0 Å². The maximum Gasteiger partial charge on any atom is 0.211 e. The molecule has 0 bridgehead atoms. The van der Waals surface area contributed by atoms with Crippen LogP contribution in [0.1, 0.15) is 38.1 Å². The lowest BCUT2D eigenvalue weighted by Crippen LogP contribution is -2.28. The van der Waals surface area contributed by atoms with Gasteiger partial charge in [-0.2, -0.15) is 19.0 Å². The average Bonchev–Trinajstić information content (AvgIpc) is 3.50. The average molecular weight is 488 g/mol. The van der Waals surface area contributed by atoms with Gasteiger partial charge in [-0.05, 0) is 30.7 Å². The highest BCUT2D eigenvalue weighted by Crippen LogP contribution is 2.34. The second-order valence-electron chi connectivity index (χ2n) is 8.76. The summed E-state index contributed by atoms with van der Waals surface area (Å²) in [6.45, 7) is 4.61. The Morgan fingerprint density at radius 3 is 2.53 bits per heavy atom. The molecule has 9 nitrogen and oxygen atoms in total. The summed E-state index contributed by atoms with van der Waals surface area (Å²) >= 11 is 0. The normalized spacial score (nSPS) is 17.3. The van der Waals surface area contributed by atoms with Crippen LogP contribution in [0.15, 0.2) is 36.5 Å². The number of halogens is 2. The van der Waals surface area contributed by atoms with Crippen LogP contribution < -0.4 is 0 Å². The topological polar surface area (TPSA) is 98.3 Å². The summed E-state index contributed by atoms with van der Waals surface area (Å²) in [5.41, 5.74) is 2.05. The van der Waals surface area contributed by atoms with Gasteiger partial charge in [-0.25, -0.2) is 17.2 Å². The van der Waals surface area contributed by atoms with E-state index in [0.717, 1.165) is 6.07 Å². The Balaban J connectivity index is 1.65. The standard InChI is InChI=1S/C22H23F2N7O2S/c1-13(2)22-26-25-20-7-6-19(27-31(20)22)17-12-30(15-8-9-29(11-15)34(3,32)33)28-21(17)16-5-4-14(23)10-18(16)24/h4-7,10,12-13,15H,8-9,11H2,1-3H3. The molecular weight excluding hydrogens is 464 g/mol. The molecule has 0 amide bonds. The second-order valence-corrected chi connectivity index (χ2v) is 10.7. The summed E-state index contributed by atoms with van der Waals surface area (Å²) in [5, 5.41) is 17.7. The third-order valence-corrected chi connectivity index (χ3v) is 7.24. The number of hydrogen-bond acceptors (Lipinski definition) is 6. The molecule has 1 aromatic carbocycles. The van der Waals surface area contributed by atoms with E-state index in [1.807, 2.05) is 13.8 Å². The van der Waals surface area contributed by atoms with Crippen molar-refractivity contribution in [3.05, 3.63) is 54.0 Å². The Kier molecular flexibility index (Phi) is 5.44. The molecule has 0 aliphatic carbocycles. The first-order valence-electron chi connectivity index (χ1n) is 10.8. The van der Waals surface area contributed by atoms with Gasteiger partial charge < -0.3 is 0 Å². The van der Waals surface area contributed by atoms with E-state index >= 15 is 0 Å². The van der Waals surface area contributed by atoms with Gasteiger partial charge in [-0.3, -0.25) is 4.68 Å². The molecule has 1 fully saturated rings. The Labute approximate surface area is 195 Å². The zero-order valence-electron chi connectivity index (χ0n) is 18.9. The molecule has 1 saturated heterocycles. The lowest BCUT2D eigenvalue weighted by molar-refractivity contribution is 0.438. The van der Waals surface area contributed by atoms with Crippen molar-refractivity contribution < 1.29 is 17.2 Å². The van der Waals surface area contributed by atoms with Crippen LogP contribution in [0.2, 0.25) is 0 Å². The molecule has 1 aliphatic rings. The molecule has 0 radical (unpaired) electrons. The largest absolute Gasteiger partial charge is 0.267 e. The van der Waals surface area contributed by atoms with E-state index in [4.69, 9.17) is 0 Å². The smallest absolute Gasteiger partial charge is 0.211 e. The molecule has 4 heterocycles. The fourth-order valence-corrected chi connectivity index (χ4v) is 5.06. The number of rotatable bonds is 5. The SMILES string of the molecule is CC(C)c1nnc2ccc(-c3cn(C4CCN(S(C)(=O)=O)C4)nc3-c3ccc(F)cc3F)nn12. The van der Waals surface area contributed by atoms with Gasteiger partial charge in [-0.15, -0.1) is 10.2 Å². The predicted octanol–water partition coefficient (Wildman–Crippen LogP) is 3.26. The van der Waals surface area contributed by atoms with Crippen LogP contribution in [0.4, 0.5) is 8.78 Å². The monoisotopic (exact) mass is 487 g/mol. The minimum absolute atomic E-state index is 0.0787. The Morgan fingerprint density at radius 2 is 1.85 bits per heavy atom. The Hall–Kier alpha value is -3.25. The highest BCUT2D eigenvalue weighted by molar-refractivity contribution is 7.88. The second kappa shape index (κ2) is 8.20. The third kappa shape index (κ3) is 3.96. The van der Waals surface area contributed by atoms with Crippen molar-refractivity contribution in [1.29, 1.82) is 0 Å². The van der Waals surface area contributed by atoms with E-state index < -0.39 is 21.7 Å². The van der Waals surface area contributed by atoms with Gasteiger partial charge in [-0.1, -0.05) is 13.8 Å². The first-order valence-corrected chi connectivity index (χ1v) is 12.7. The van der Waals surface area contributed by atoms with Crippen molar-refractivity contribution in [2.24, 2.45) is 0 Å². The van der Waals surface area contributed by atoms with Crippen molar-refractivity contribution in [2.75, 3.05) is 19.3 Å². The molecule has 1 atom stereocenters. The summed E-state index contributed by atoms with van der Waals surface area (Å²) in [4.78, 5) is 0. The van der Waals surface area contributed by atoms with E-state index in [2.05, 4.69) is 20.4 Å². The quantitative estimate of drug-likeness (QED) is 0.429. The van der Waals surface area contributed by atoms with E-state index in [1.54, 1.807) is 27.5 Å². The van der Waals surface area contributed by atoms with Gasteiger partial charge in [0.2, 0.25) is 10.0 Å². The summed E-state index contributed by atoms with van der Waals surface area (Å²) in [6.07, 6.45) is 3.48. The molecule has 0 saturated carbocycles. The van der Waals surface area contributed by atoms with E-state index in [1.165, 1.54) is 22.7 Å². The summed E-state index contributed by atoms with van der Waals surface area (Å²) in [6, 6.07) is 6.62. The van der Waals surface area contributed by atoms with Crippen LogP contribution in [0.5, 0.6) is 0 Å². The van der Waals surface area contributed by atoms with Crippen molar-refractivity contribution in [3.8, 4) is 22.5 Å². The molecule has 178 valence electrons. The summed E-state index contributed by atoms with van der Waals surface area (Å²) < 4.78 is 57.0. The minimum Gasteiger partial charge on any atom is -0.267 e. The molecule has 34 heavy (non-hydrogen) atoms. The molecular formula is C22H23F2N7O2S. The molecule has 0 N–H and O–H groups in total. The Bertz CT molecular complexity index is 1500. The molecule has 1 unspecified atom stereocenters. The van der Waals surface area contributed by atoms with Crippen LogP contribution in [-0.2, 0) is 10.0 Å². The fourth-order valence-electron chi connectivity index (χ4n) is 4.18. The molecule has 0 spiro atoms. The minimum atomic E-state index is -3.33. The fraction of sp³-hybridized carbons (Fsp3) is 0.364. The molecule has 12 heteroatoms. The van der Waals surface area contributed by atoms with Crippen LogP contribution in [0.3, 0.4) is 0 Å². The van der Waals surface area contributed by atoms with Crippen LogP contribution in [-0.4, -0.2) is 61.7 Å². The number of aromatic nitrogens is 6. The Morgan fingerprint density at radius 1 is 1.06 bits per heavy atom. The van der Waals surface area contributed by atoms with Crippen LogP contribution >= 0.6 is 0 Å². The molecule has 1 aliphatic heterocycles. The highest BCUT2D eigenvalue weighted by atomic mass is 32.2. The van der Waals surface area contributed by atoms with Crippen molar-refractivity contribution in [1.82, 2.24) is 33.9 Å². The van der Waals surface area contributed by atoms with Gasteiger partial charge in [0.05, 0.1) is 18.0 Å². The summed E-state index contributed by atoms with van der Waals surface area (Å²) in [7, 11) is -3.33. The number of hydrogen-bond donors (Lipinski definition) is 0. The summed E-state index contributed by atoms with van der Waals surface area (Å²) in [5.74, 6) is -0.676. The van der Waals surface area contributed by atoms with Gasteiger partial charge in [0.15, 0.2) is 11.5 Å². The molecule has 3 aromatic heterocycles. The number of fused-ring (bicyclic) bond motifs is 1. The first kappa shape index (κ1) is 22.5. The third-order valence-electron chi connectivity index (χ3n) is 5.97. The lowest BCUT2D eigenvalue weighted by Gasteiger charge is -2.13. The van der Waals surface area contributed by atoms with Crippen molar-refractivity contribution in [2.45, 2.75) is 32.2 Å². The molecule has 4 aromatic rings. The number of sulfonamides is 1. The van der Waals surface area contributed by atoms with Gasteiger partial charge in [0, 0.05) is 42.4 Å². The predicted molar refractivity (Wildman–Crippen MR) is 122 cm³/mol. The van der Waals surface area contributed by atoms with Crippen LogP contribution in [0, 0.1) is 11.6 Å².